The highest BCUT2D eigenvalue weighted by molar-refractivity contribution is 5.14. The zero-order valence-corrected chi connectivity index (χ0v) is 9.95. The van der Waals surface area contributed by atoms with Crippen molar-refractivity contribution in [1.29, 1.82) is 0 Å². The van der Waals surface area contributed by atoms with E-state index in [1.807, 2.05) is 12.4 Å². The van der Waals surface area contributed by atoms with Gasteiger partial charge in [-0.15, -0.1) is 0 Å². The van der Waals surface area contributed by atoms with E-state index in [1.165, 1.54) is 5.56 Å². The number of nitrogens with two attached hydrogens (primary N) is 1. The SMILES string of the molecule is CC(CN1CCNCC1)C(N)c1cc[nH]c1. The van der Waals surface area contributed by atoms with Crippen LogP contribution in [0.15, 0.2) is 18.5 Å². The zero-order valence-electron chi connectivity index (χ0n) is 9.95. The van der Waals surface area contributed by atoms with Gasteiger partial charge in [0.05, 0.1) is 0 Å². The van der Waals surface area contributed by atoms with Crippen LogP contribution >= 0.6 is 0 Å². The Bertz CT molecular complexity index is 290. The number of H-pyrrole nitrogens is 1. The maximum atomic E-state index is 6.24. The Labute approximate surface area is 97.2 Å². The molecule has 0 bridgehead atoms. The molecule has 1 aromatic rings. The van der Waals surface area contributed by atoms with Crippen molar-refractivity contribution in [2.75, 3.05) is 32.7 Å². The molecule has 1 aromatic heterocycles. The average molecular weight is 222 g/mol. The van der Waals surface area contributed by atoms with E-state index < -0.39 is 0 Å². The minimum atomic E-state index is 0.140. The number of nitrogens with one attached hydrogen (secondary N) is 2. The Morgan fingerprint density at radius 3 is 2.81 bits per heavy atom. The molecule has 0 aliphatic carbocycles. The van der Waals surface area contributed by atoms with Crippen LogP contribution in [0.4, 0.5) is 0 Å². The molecule has 1 saturated heterocycles. The molecule has 4 nitrogen and oxygen atoms in total. The molecule has 4 heteroatoms. The molecule has 2 unspecified atom stereocenters. The average Bonchev–Trinajstić information content (AvgIpc) is 2.83. The van der Waals surface area contributed by atoms with Crippen molar-refractivity contribution in [2.24, 2.45) is 11.7 Å². The summed E-state index contributed by atoms with van der Waals surface area (Å²) in [5.41, 5.74) is 7.45. The quantitative estimate of drug-likeness (QED) is 0.697. The van der Waals surface area contributed by atoms with Gasteiger partial charge >= 0.3 is 0 Å². The molecule has 90 valence electrons. The molecule has 0 radical (unpaired) electrons. The van der Waals surface area contributed by atoms with Gasteiger partial charge in [0.1, 0.15) is 0 Å². The van der Waals surface area contributed by atoms with E-state index in [4.69, 9.17) is 5.73 Å². The lowest BCUT2D eigenvalue weighted by atomic mass is 9.97. The van der Waals surface area contributed by atoms with Crippen LogP contribution in [-0.2, 0) is 0 Å². The molecule has 2 atom stereocenters. The molecule has 0 aromatic carbocycles. The first-order valence-electron chi connectivity index (χ1n) is 6.08. The lowest BCUT2D eigenvalue weighted by Crippen LogP contribution is -2.46. The first-order valence-corrected chi connectivity index (χ1v) is 6.08. The fraction of sp³-hybridized carbons (Fsp3) is 0.667. The normalized spacial score (nSPS) is 21.9. The predicted octanol–water partition coefficient (Wildman–Crippen LogP) is 0.556. The highest BCUT2D eigenvalue weighted by Crippen LogP contribution is 2.19. The van der Waals surface area contributed by atoms with Crippen LogP contribution in [0, 0.1) is 5.92 Å². The number of aromatic amines is 1. The van der Waals surface area contributed by atoms with Crippen LogP contribution in [0.1, 0.15) is 18.5 Å². The number of nitrogens with zero attached hydrogens (tertiary/aromatic N) is 1. The van der Waals surface area contributed by atoms with Crippen molar-refractivity contribution < 1.29 is 0 Å². The number of aromatic nitrogens is 1. The van der Waals surface area contributed by atoms with Gasteiger partial charge in [-0.25, -0.2) is 0 Å². The van der Waals surface area contributed by atoms with Crippen molar-refractivity contribution in [3.8, 4) is 0 Å². The Morgan fingerprint density at radius 2 is 2.19 bits per heavy atom. The van der Waals surface area contributed by atoms with Crippen LogP contribution < -0.4 is 11.1 Å². The molecule has 1 aliphatic rings. The maximum absolute atomic E-state index is 6.24. The third kappa shape index (κ3) is 2.84. The van der Waals surface area contributed by atoms with Gasteiger partial charge in [-0.05, 0) is 17.5 Å². The van der Waals surface area contributed by atoms with E-state index >= 15 is 0 Å². The van der Waals surface area contributed by atoms with E-state index in [0.717, 1.165) is 32.7 Å². The van der Waals surface area contributed by atoms with Gasteiger partial charge in [0.2, 0.25) is 0 Å². The minimum absolute atomic E-state index is 0.140. The fourth-order valence-corrected chi connectivity index (χ4v) is 2.29. The number of hydrogen-bond donors (Lipinski definition) is 3. The van der Waals surface area contributed by atoms with Crippen LogP contribution in [0.3, 0.4) is 0 Å². The third-order valence-corrected chi connectivity index (χ3v) is 3.38. The van der Waals surface area contributed by atoms with E-state index in [0.29, 0.717) is 5.92 Å². The molecule has 0 spiro atoms. The third-order valence-electron chi connectivity index (χ3n) is 3.38. The van der Waals surface area contributed by atoms with Gasteiger partial charge in [-0.2, -0.15) is 0 Å². The summed E-state index contributed by atoms with van der Waals surface area (Å²) in [4.78, 5) is 5.56. The molecular formula is C12H22N4. The summed E-state index contributed by atoms with van der Waals surface area (Å²) < 4.78 is 0. The second-order valence-corrected chi connectivity index (χ2v) is 4.70. The molecule has 1 aliphatic heterocycles. The monoisotopic (exact) mass is 222 g/mol. The summed E-state index contributed by atoms with van der Waals surface area (Å²) >= 11 is 0. The molecule has 4 N–H and O–H groups in total. The van der Waals surface area contributed by atoms with E-state index in [-0.39, 0.29) is 6.04 Å². The van der Waals surface area contributed by atoms with Crippen LogP contribution in [0.2, 0.25) is 0 Å². The number of rotatable bonds is 4. The number of hydrogen-bond acceptors (Lipinski definition) is 3. The van der Waals surface area contributed by atoms with Crippen LogP contribution in [0.5, 0.6) is 0 Å². The topological polar surface area (TPSA) is 57.1 Å². The van der Waals surface area contributed by atoms with Crippen molar-refractivity contribution >= 4 is 0 Å². The second kappa shape index (κ2) is 5.48. The second-order valence-electron chi connectivity index (χ2n) is 4.70. The molecule has 0 amide bonds. The van der Waals surface area contributed by atoms with Crippen LogP contribution in [-0.4, -0.2) is 42.6 Å². The summed E-state index contributed by atoms with van der Waals surface area (Å²) in [5.74, 6) is 0.494. The molecule has 2 heterocycles. The summed E-state index contributed by atoms with van der Waals surface area (Å²) in [6.45, 7) is 7.82. The molecular weight excluding hydrogens is 200 g/mol. The Balaban J connectivity index is 1.84. The van der Waals surface area contributed by atoms with Gasteiger partial charge in [-0.1, -0.05) is 6.92 Å². The van der Waals surface area contributed by atoms with E-state index in [2.05, 4.69) is 28.2 Å². The highest BCUT2D eigenvalue weighted by Gasteiger charge is 2.19. The van der Waals surface area contributed by atoms with Crippen molar-refractivity contribution in [1.82, 2.24) is 15.2 Å². The Morgan fingerprint density at radius 1 is 1.44 bits per heavy atom. The van der Waals surface area contributed by atoms with E-state index in [9.17, 15) is 0 Å². The van der Waals surface area contributed by atoms with Crippen molar-refractivity contribution in [2.45, 2.75) is 13.0 Å². The summed E-state index contributed by atoms with van der Waals surface area (Å²) in [7, 11) is 0. The fourth-order valence-electron chi connectivity index (χ4n) is 2.29. The Hall–Kier alpha value is -0.840. The highest BCUT2D eigenvalue weighted by atomic mass is 15.2. The smallest absolute Gasteiger partial charge is 0.0348 e. The van der Waals surface area contributed by atoms with Gasteiger partial charge in [0.25, 0.3) is 0 Å². The van der Waals surface area contributed by atoms with Crippen molar-refractivity contribution in [3.05, 3.63) is 24.0 Å². The zero-order chi connectivity index (χ0) is 11.4. The van der Waals surface area contributed by atoms with Crippen molar-refractivity contribution in [3.63, 3.8) is 0 Å². The van der Waals surface area contributed by atoms with Gasteiger partial charge in [0, 0.05) is 51.2 Å². The molecule has 2 rings (SSSR count). The number of piperazine rings is 1. The minimum Gasteiger partial charge on any atom is -0.367 e. The van der Waals surface area contributed by atoms with E-state index in [1.54, 1.807) is 0 Å². The summed E-state index contributed by atoms with van der Waals surface area (Å²) in [5, 5.41) is 3.37. The predicted molar refractivity (Wildman–Crippen MR) is 66.2 cm³/mol. The summed E-state index contributed by atoms with van der Waals surface area (Å²) in [6, 6.07) is 2.21. The lowest BCUT2D eigenvalue weighted by Gasteiger charge is -2.31. The first-order chi connectivity index (χ1) is 7.77. The molecule has 1 fully saturated rings. The van der Waals surface area contributed by atoms with Gasteiger partial charge in [-0.3, -0.25) is 0 Å². The largest absolute Gasteiger partial charge is 0.367 e. The lowest BCUT2D eigenvalue weighted by molar-refractivity contribution is 0.199. The first kappa shape index (κ1) is 11.6. The Kier molecular flexibility index (Phi) is 3.98. The molecule has 16 heavy (non-hydrogen) atoms. The molecule has 0 saturated carbocycles. The maximum Gasteiger partial charge on any atom is 0.0348 e. The van der Waals surface area contributed by atoms with Gasteiger partial charge < -0.3 is 20.9 Å². The standard InChI is InChI=1S/C12H22N4/c1-10(9-16-6-4-14-5-7-16)12(13)11-2-3-15-8-11/h2-3,8,10,12,14-15H,4-7,9,13H2,1H3. The van der Waals surface area contributed by atoms with Crippen LogP contribution in [0.25, 0.3) is 0 Å². The van der Waals surface area contributed by atoms with Gasteiger partial charge in [0.15, 0.2) is 0 Å². The summed E-state index contributed by atoms with van der Waals surface area (Å²) in [6.07, 6.45) is 3.94.